The molecule has 1 rings (SSSR count). The average molecular weight is 263 g/mol. The molecule has 0 aliphatic carbocycles. The Balaban J connectivity index is 3.07. The molecular formula is C14H21N3O2. The average Bonchev–Trinajstić information content (AvgIpc) is 2.38. The molecule has 4 N–H and O–H groups in total. The summed E-state index contributed by atoms with van der Waals surface area (Å²) in [5, 5.41) is 11.3. The second-order valence-electron chi connectivity index (χ2n) is 5.08. The minimum atomic E-state index is -1.07. The van der Waals surface area contributed by atoms with Gasteiger partial charge in [0.1, 0.15) is 0 Å². The molecule has 0 spiro atoms. The Morgan fingerprint density at radius 1 is 1.68 bits per heavy atom. The van der Waals surface area contributed by atoms with Gasteiger partial charge in [0.05, 0.1) is 11.7 Å². The number of nitrogens with two attached hydrogens (primary N) is 1. The molecule has 1 atom stereocenters. The second kappa shape index (κ2) is 6.33. The van der Waals surface area contributed by atoms with Crippen molar-refractivity contribution in [2.45, 2.75) is 31.7 Å². The van der Waals surface area contributed by atoms with Crippen molar-refractivity contribution in [2.24, 2.45) is 5.73 Å². The largest absolute Gasteiger partial charge is 0.465 e. The van der Waals surface area contributed by atoms with Crippen molar-refractivity contribution in [3.8, 4) is 0 Å². The fraction of sp³-hybridized carbons (Fsp3) is 0.429. The zero-order valence-electron chi connectivity index (χ0n) is 11.4. The number of nitrogens with one attached hydrogen (secondary N) is 1. The van der Waals surface area contributed by atoms with E-state index < -0.39 is 6.09 Å². The van der Waals surface area contributed by atoms with E-state index in [0.29, 0.717) is 18.7 Å². The van der Waals surface area contributed by atoms with Gasteiger partial charge in [-0.15, -0.1) is 6.58 Å². The molecule has 0 saturated carbocycles. The Labute approximate surface area is 113 Å². The second-order valence-corrected chi connectivity index (χ2v) is 5.08. The van der Waals surface area contributed by atoms with Gasteiger partial charge in [0, 0.05) is 18.2 Å². The lowest BCUT2D eigenvalue weighted by Gasteiger charge is -2.24. The lowest BCUT2D eigenvalue weighted by molar-refractivity contribution is 0.189. The molecule has 0 aromatic carbocycles. The molecule has 1 amide bonds. The molecule has 1 aromatic rings. The van der Waals surface area contributed by atoms with Gasteiger partial charge in [-0.25, -0.2) is 4.79 Å². The Kier molecular flexibility index (Phi) is 5.06. The highest BCUT2D eigenvalue weighted by Crippen LogP contribution is 2.24. The molecule has 0 aliphatic rings. The van der Waals surface area contributed by atoms with Crippen molar-refractivity contribution in [2.75, 3.05) is 6.54 Å². The highest BCUT2D eigenvalue weighted by Gasteiger charge is 2.21. The summed E-state index contributed by atoms with van der Waals surface area (Å²) in [6, 6.07) is 3.42. The van der Waals surface area contributed by atoms with Crippen LogP contribution in [0.1, 0.15) is 37.6 Å². The van der Waals surface area contributed by atoms with Gasteiger partial charge in [-0.05, 0) is 24.1 Å². The van der Waals surface area contributed by atoms with Gasteiger partial charge in [0.15, 0.2) is 0 Å². The van der Waals surface area contributed by atoms with E-state index in [0.717, 1.165) is 5.56 Å². The van der Waals surface area contributed by atoms with E-state index in [2.05, 4.69) is 16.9 Å². The predicted molar refractivity (Wildman–Crippen MR) is 75.0 cm³/mol. The van der Waals surface area contributed by atoms with Crippen molar-refractivity contribution in [1.82, 2.24) is 10.3 Å². The Morgan fingerprint density at radius 3 is 2.89 bits per heavy atom. The molecular weight excluding hydrogens is 242 g/mol. The zero-order chi connectivity index (χ0) is 14.5. The summed E-state index contributed by atoms with van der Waals surface area (Å²) >= 11 is 0. The van der Waals surface area contributed by atoms with E-state index in [1.807, 2.05) is 26.0 Å². The number of aromatic nitrogens is 1. The van der Waals surface area contributed by atoms with Crippen LogP contribution in [0.3, 0.4) is 0 Å². The molecule has 0 bridgehead atoms. The van der Waals surface area contributed by atoms with Crippen LogP contribution in [0.2, 0.25) is 0 Å². The molecule has 0 saturated heterocycles. The maximum atomic E-state index is 10.8. The first kappa shape index (κ1) is 15.2. The van der Waals surface area contributed by atoms with Crippen LogP contribution in [0, 0.1) is 0 Å². The number of pyridine rings is 1. The summed E-state index contributed by atoms with van der Waals surface area (Å²) in [5.41, 5.74) is 7.32. The van der Waals surface area contributed by atoms with Gasteiger partial charge in [-0.3, -0.25) is 4.98 Å². The molecule has 0 radical (unpaired) electrons. The first-order valence-corrected chi connectivity index (χ1v) is 6.17. The van der Waals surface area contributed by atoms with Gasteiger partial charge in [0.2, 0.25) is 0 Å². The standard InChI is InChI=1S/C14H21N3O2/c1-4-5-11(17-13(18)19)12-8-10(6-7-16-12)14(2,3)9-15/h4,6-8,11,17H,1,5,9,15H2,2-3H3,(H,18,19). The summed E-state index contributed by atoms with van der Waals surface area (Å²) in [6.45, 7) is 8.23. The number of carbonyl (C=O) groups is 1. The summed E-state index contributed by atoms with van der Waals surface area (Å²) in [4.78, 5) is 15.0. The van der Waals surface area contributed by atoms with Gasteiger partial charge >= 0.3 is 6.09 Å². The predicted octanol–water partition coefficient (Wildman–Crippen LogP) is 2.20. The maximum absolute atomic E-state index is 10.8. The van der Waals surface area contributed by atoms with Crippen LogP contribution in [-0.2, 0) is 5.41 Å². The van der Waals surface area contributed by atoms with Crippen molar-refractivity contribution in [3.05, 3.63) is 42.2 Å². The van der Waals surface area contributed by atoms with Crippen molar-refractivity contribution >= 4 is 6.09 Å². The molecule has 5 heteroatoms. The van der Waals surface area contributed by atoms with Crippen LogP contribution in [-0.4, -0.2) is 22.7 Å². The topological polar surface area (TPSA) is 88.2 Å². The van der Waals surface area contributed by atoms with Crippen LogP contribution < -0.4 is 11.1 Å². The van der Waals surface area contributed by atoms with E-state index in [4.69, 9.17) is 10.8 Å². The Hall–Kier alpha value is -1.88. The third-order valence-electron chi connectivity index (χ3n) is 3.13. The number of rotatable bonds is 6. The SMILES string of the molecule is C=CCC(NC(=O)O)c1cc(C(C)(C)CN)ccn1. The molecule has 104 valence electrons. The van der Waals surface area contributed by atoms with Gasteiger partial charge in [0.25, 0.3) is 0 Å². The van der Waals surface area contributed by atoms with Crippen LogP contribution in [0.25, 0.3) is 0 Å². The van der Waals surface area contributed by atoms with Crippen molar-refractivity contribution in [1.29, 1.82) is 0 Å². The third-order valence-corrected chi connectivity index (χ3v) is 3.13. The van der Waals surface area contributed by atoms with E-state index in [1.165, 1.54) is 0 Å². The number of carboxylic acid groups (broad SMARTS) is 1. The van der Waals surface area contributed by atoms with Crippen molar-refractivity contribution in [3.63, 3.8) is 0 Å². The molecule has 1 unspecified atom stereocenters. The smallest absolute Gasteiger partial charge is 0.405 e. The monoisotopic (exact) mass is 263 g/mol. The normalized spacial score (nSPS) is 12.8. The first-order valence-electron chi connectivity index (χ1n) is 6.17. The summed E-state index contributed by atoms with van der Waals surface area (Å²) in [7, 11) is 0. The maximum Gasteiger partial charge on any atom is 0.405 e. The molecule has 5 nitrogen and oxygen atoms in total. The van der Waals surface area contributed by atoms with E-state index >= 15 is 0 Å². The lowest BCUT2D eigenvalue weighted by atomic mass is 9.84. The number of hydrogen-bond acceptors (Lipinski definition) is 3. The highest BCUT2D eigenvalue weighted by molar-refractivity contribution is 5.65. The lowest BCUT2D eigenvalue weighted by Crippen LogP contribution is -2.30. The zero-order valence-corrected chi connectivity index (χ0v) is 11.4. The third kappa shape index (κ3) is 4.06. The van der Waals surface area contributed by atoms with Crippen molar-refractivity contribution < 1.29 is 9.90 Å². The van der Waals surface area contributed by atoms with E-state index in [1.54, 1.807) is 12.3 Å². The molecule has 1 aromatic heterocycles. The van der Waals surface area contributed by atoms with E-state index in [-0.39, 0.29) is 11.5 Å². The van der Waals surface area contributed by atoms with Gasteiger partial charge in [-0.1, -0.05) is 19.9 Å². The van der Waals surface area contributed by atoms with Crippen LogP contribution in [0.5, 0.6) is 0 Å². The van der Waals surface area contributed by atoms with Crippen LogP contribution in [0.15, 0.2) is 31.0 Å². The van der Waals surface area contributed by atoms with E-state index in [9.17, 15) is 4.79 Å². The van der Waals surface area contributed by atoms with Crippen LogP contribution in [0.4, 0.5) is 4.79 Å². The fourth-order valence-corrected chi connectivity index (χ4v) is 1.75. The number of nitrogens with zero attached hydrogens (tertiary/aromatic N) is 1. The molecule has 19 heavy (non-hydrogen) atoms. The minimum absolute atomic E-state index is 0.167. The van der Waals surface area contributed by atoms with Crippen LogP contribution >= 0.6 is 0 Å². The summed E-state index contributed by atoms with van der Waals surface area (Å²) in [5.74, 6) is 0. The number of amides is 1. The van der Waals surface area contributed by atoms with Gasteiger partial charge < -0.3 is 16.2 Å². The summed E-state index contributed by atoms with van der Waals surface area (Å²) in [6.07, 6.45) is 2.77. The quantitative estimate of drug-likeness (QED) is 0.686. The fourth-order valence-electron chi connectivity index (χ4n) is 1.75. The Bertz CT molecular complexity index is 458. The number of hydrogen-bond donors (Lipinski definition) is 3. The first-order chi connectivity index (χ1) is 8.90. The Morgan fingerprint density at radius 2 is 2.37 bits per heavy atom. The highest BCUT2D eigenvalue weighted by atomic mass is 16.4. The molecule has 1 heterocycles. The minimum Gasteiger partial charge on any atom is -0.465 e. The summed E-state index contributed by atoms with van der Waals surface area (Å²) < 4.78 is 0. The molecule has 0 fully saturated rings. The molecule has 0 aliphatic heterocycles. The van der Waals surface area contributed by atoms with Gasteiger partial charge in [-0.2, -0.15) is 0 Å².